The number of aryl methyl sites for hydroxylation is 2. The predicted octanol–water partition coefficient (Wildman–Crippen LogP) is 4.32. The van der Waals surface area contributed by atoms with E-state index in [4.69, 9.17) is 4.74 Å². The van der Waals surface area contributed by atoms with Gasteiger partial charge in [-0.15, -0.1) is 0 Å². The van der Waals surface area contributed by atoms with E-state index in [-0.39, 0.29) is 18.6 Å². The van der Waals surface area contributed by atoms with E-state index in [0.29, 0.717) is 0 Å². The molecular formula is C18H20BrNO2. The molecule has 0 aromatic heterocycles. The van der Waals surface area contributed by atoms with Gasteiger partial charge >= 0.3 is 0 Å². The van der Waals surface area contributed by atoms with Crippen LogP contribution in [-0.4, -0.2) is 12.5 Å². The van der Waals surface area contributed by atoms with Crippen molar-refractivity contribution in [3.8, 4) is 5.75 Å². The predicted molar refractivity (Wildman–Crippen MR) is 92.1 cm³/mol. The Morgan fingerprint density at radius 2 is 1.77 bits per heavy atom. The number of hydrogen-bond acceptors (Lipinski definition) is 2. The minimum atomic E-state index is -0.133. The number of hydrogen-bond donors (Lipinski definition) is 1. The summed E-state index contributed by atoms with van der Waals surface area (Å²) in [7, 11) is 0. The van der Waals surface area contributed by atoms with Gasteiger partial charge in [0.25, 0.3) is 5.91 Å². The second-order valence-corrected chi connectivity index (χ2v) is 6.17. The van der Waals surface area contributed by atoms with Gasteiger partial charge in [-0.2, -0.15) is 0 Å². The maximum atomic E-state index is 12.1. The maximum absolute atomic E-state index is 12.1. The van der Waals surface area contributed by atoms with Crippen molar-refractivity contribution < 1.29 is 9.53 Å². The number of amides is 1. The summed E-state index contributed by atoms with van der Waals surface area (Å²) in [6, 6.07) is 13.7. The fourth-order valence-corrected chi connectivity index (χ4v) is 2.98. The molecule has 0 saturated heterocycles. The minimum absolute atomic E-state index is 0.0144. The molecule has 0 unspecified atom stereocenters. The number of para-hydroxylation sites is 1. The molecule has 0 spiro atoms. The maximum Gasteiger partial charge on any atom is 0.258 e. The number of ether oxygens (including phenoxy) is 1. The summed E-state index contributed by atoms with van der Waals surface area (Å²) in [4.78, 5) is 12.1. The summed E-state index contributed by atoms with van der Waals surface area (Å²) in [5.41, 5.74) is 3.11. The lowest BCUT2D eigenvalue weighted by Crippen LogP contribution is -2.31. The van der Waals surface area contributed by atoms with Crippen LogP contribution in [0.5, 0.6) is 5.75 Å². The third kappa shape index (κ3) is 4.10. The highest BCUT2D eigenvalue weighted by molar-refractivity contribution is 9.10. The normalized spacial score (nSPS) is 11.8. The molecule has 3 nitrogen and oxygen atoms in total. The molecule has 1 atom stereocenters. The Bertz CT molecular complexity index is 650. The van der Waals surface area contributed by atoms with Crippen LogP contribution in [0, 0.1) is 13.8 Å². The Kier molecular flexibility index (Phi) is 5.61. The molecule has 0 radical (unpaired) electrons. The topological polar surface area (TPSA) is 38.3 Å². The molecule has 1 amide bonds. The molecule has 0 bridgehead atoms. The summed E-state index contributed by atoms with van der Waals surface area (Å²) in [5.74, 6) is 0.650. The average Bonchev–Trinajstić information content (AvgIpc) is 2.47. The molecule has 0 aliphatic heterocycles. The number of halogens is 1. The van der Waals surface area contributed by atoms with Gasteiger partial charge in [0.05, 0.1) is 6.04 Å². The smallest absolute Gasteiger partial charge is 0.258 e. The Morgan fingerprint density at radius 3 is 2.41 bits per heavy atom. The van der Waals surface area contributed by atoms with Crippen LogP contribution in [0.15, 0.2) is 46.9 Å². The summed E-state index contributed by atoms with van der Waals surface area (Å²) < 4.78 is 6.66. The number of benzene rings is 2. The first-order valence-electron chi connectivity index (χ1n) is 7.22. The van der Waals surface area contributed by atoms with E-state index in [1.807, 2.05) is 63.2 Å². The van der Waals surface area contributed by atoms with Gasteiger partial charge in [0.15, 0.2) is 6.61 Å². The van der Waals surface area contributed by atoms with Crippen LogP contribution in [0.3, 0.4) is 0 Å². The lowest BCUT2D eigenvalue weighted by molar-refractivity contribution is -0.123. The SMILES string of the molecule is Cc1cccc(C)c1OCC(=O)N[C@@H](C)c1ccccc1Br. The zero-order valence-corrected chi connectivity index (χ0v) is 14.6. The third-order valence-corrected chi connectivity index (χ3v) is 4.23. The minimum Gasteiger partial charge on any atom is -0.483 e. The van der Waals surface area contributed by atoms with Crippen molar-refractivity contribution in [3.63, 3.8) is 0 Å². The lowest BCUT2D eigenvalue weighted by Gasteiger charge is -2.17. The summed E-state index contributed by atoms with van der Waals surface area (Å²) in [5, 5.41) is 2.95. The van der Waals surface area contributed by atoms with Gasteiger partial charge in [0.2, 0.25) is 0 Å². The number of carbonyl (C=O) groups is 1. The van der Waals surface area contributed by atoms with Gasteiger partial charge in [-0.3, -0.25) is 4.79 Å². The fourth-order valence-electron chi connectivity index (χ4n) is 2.35. The van der Waals surface area contributed by atoms with Gasteiger partial charge in [-0.1, -0.05) is 52.3 Å². The van der Waals surface area contributed by atoms with Gasteiger partial charge in [-0.05, 0) is 43.5 Å². The number of carbonyl (C=O) groups excluding carboxylic acids is 1. The zero-order chi connectivity index (χ0) is 16.1. The average molecular weight is 362 g/mol. The van der Waals surface area contributed by atoms with Gasteiger partial charge in [0, 0.05) is 4.47 Å². The van der Waals surface area contributed by atoms with Crippen LogP contribution >= 0.6 is 15.9 Å². The molecule has 0 aliphatic carbocycles. The quantitative estimate of drug-likeness (QED) is 0.860. The molecule has 2 aromatic rings. The monoisotopic (exact) mass is 361 g/mol. The van der Waals surface area contributed by atoms with Gasteiger partial charge in [-0.25, -0.2) is 0 Å². The Hall–Kier alpha value is -1.81. The van der Waals surface area contributed by atoms with Crippen LogP contribution in [-0.2, 0) is 4.79 Å². The number of rotatable bonds is 5. The molecule has 2 rings (SSSR count). The van der Waals surface area contributed by atoms with E-state index in [9.17, 15) is 4.79 Å². The van der Waals surface area contributed by atoms with Crippen molar-refractivity contribution in [1.29, 1.82) is 0 Å². The molecule has 4 heteroatoms. The first-order valence-corrected chi connectivity index (χ1v) is 8.01. The van der Waals surface area contributed by atoms with Crippen molar-refractivity contribution in [3.05, 3.63) is 63.6 Å². The largest absolute Gasteiger partial charge is 0.483 e. The summed E-state index contributed by atoms with van der Waals surface area (Å²) in [6.45, 7) is 5.92. The summed E-state index contributed by atoms with van der Waals surface area (Å²) >= 11 is 3.50. The molecule has 0 heterocycles. The molecule has 0 aliphatic rings. The van der Waals surface area contributed by atoms with Gasteiger partial charge < -0.3 is 10.1 Å². The van der Waals surface area contributed by atoms with Crippen molar-refractivity contribution in [2.45, 2.75) is 26.8 Å². The highest BCUT2D eigenvalue weighted by atomic mass is 79.9. The van der Waals surface area contributed by atoms with Crippen LogP contribution in [0.25, 0.3) is 0 Å². The molecule has 116 valence electrons. The lowest BCUT2D eigenvalue weighted by atomic mass is 10.1. The van der Waals surface area contributed by atoms with Crippen LogP contribution in [0.1, 0.15) is 29.7 Å². The molecule has 1 N–H and O–H groups in total. The van der Waals surface area contributed by atoms with Crippen molar-refractivity contribution in [1.82, 2.24) is 5.32 Å². The van der Waals surface area contributed by atoms with Crippen LogP contribution < -0.4 is 10.1 Å². The molecule has 0 saturated carbocycles. The first kappa shape index (κ1) is 16.6. The molecule has 22 heavy (non-hydrogen) atoms. The van der Waals surface area contributed by atoms with Crippen molar-refractivity contribution >= 4 is 21.8 Å². The Labute approximate surface area is 139 Å². The van der Waals surface area contributed by atoms with Crippen LogP contribution in [0.2, 0.25) is 0 Å². The third-order valence-electron chi connectivity index (χ3n) is 3.51. The Balaban J connectivity index is 1.95. The van der Waals surface area contributed by atoms with E-state index >= 15 is 0 Å². The van der Waals surface area contributed by atoms with E-state index in [2.05, 4.69) is 21.2 Å². The standard InChI is InChI=1S/C18H20BrNO2/c1-12-7-6-8-13(2)18(12)22-11-17(21)20-14(3)15-9-4-5-10-16(15)19/h4-10,14H,11H2,1-3H3,(H,20,21)/t14-/m0/s1. The highest BCUT2D eigenvalue weighted by Crippen LogP contribution is 2.23. The summed E-state index contributed by atoms with van der Waals surface area (Å²) in [6.07, 6.45) is 0. The second kappa shape index (κ2) is 7.45. The molecule has 2 aromatic carbocycles. The second-order valence-electron chi connectivity index (χ2n) is 5.32. The van der Waals surface area contributed by atoms with E-state index in [1.165, 1.54) is 0 Å². The van der Waals surface area contributed by atoms with E-state index in [1.54, 1.807) is 0 Å². The molecular weight excluding hydrogens is 342 g/mol. The zero-order valence-electron chi connectivity index (χ0n) is 13.0. The van der Waals surface area contributed by atoms with E-state index < -0.39 is 0 Å². The first-order chi connectivity index (χ1) is 10.5. The Morgan fingerprint density at radius 1 is 1.14 bits per heavy atom. The highest BCUT2D eigenvalue weighted by Gasteiger charge is 2.13. The van der Waals surface area contributed by atoms with Crippen LogP contribution in [0.4, 0.5) is 0 Å². The molecule has 0 fully saturated rings. The number of nitrogens with one attached hydrogen (secondary N) is 1. The van der Waals surface area contributed by atoms with Gasteiger partial charge in [0.1, 0.15) is 5.75 Å². The van der Waals surface area contributed by atoms with Crippen molar-refractivity contribution in [2.24, 2.45) is 0 Å². The van der Waals surface area contributed by atoms with E-state index in [0.717, 1.165) is 26.9 Å². The van der Waals surface area contributed by atoms with Crippen molar-refractivity contribution in [2.75, 3.05) is 6.61 Å². The fraction of sp³-hybridized carbons (Fsp3) is 0.278.